The van der Waals surface area contributed by atoms with Gasteiger partial charge in [-0.3, -0.25) is 9.36 Å². The summed E-state index contributed by atoms with van der Waals surface area (Å²) in [6.07, 6.45) is 3.70. The van der Waals surface area contributed by atoms with E-state index in [2.05, 4.69) is 10.2 Å². The van der Waals surface area contributed by atoms with Gasteiger partial charge in [0.15, 0.2) is 5.58 Å². The van der Waals surface area contributed by atoms with Crippen LogP contribution in [0.25, 0.3) is 11.1 Å². The first-order chi connectivity index (χ1) is 19.9. The summed E-state index contributed by atoms with van der Waals surface area (Å²) in [5.41, 5.74) is 3.35. The van der Waals surface area contributed by atoms with Gasteiger partial charge in [0, 0.05) is 6.54 Å². The van der Waals surface area contributed by atoms with E-state index in [0.29, 0.717) is 36.0 Å². The Labute approximate surface area is 237 Å². The van der Waals surface area contributed by atoms with E-state index >= 15 is 0 Å². The number of hydrogen-bond donors (Lipinski definition) is 2. The molecule has 1 atom stereocenters. The minimum atomic E-state index is -0.686. The minimum absolute atomic E-state index is 0.0554. The first kappa shape index (κ1) is 26.8. The molecular formula is C32H33N3O6. The number of rotatable bonds is 9. The van der Waals surface area contributed by atoms with Gasteiger partial charge in [-0.1, -0.05) is 30.3 Å². The fourth-order valence-electron chi connectivity index (χ4n) is 5.82. The molecule has 2 heterocycles. The molecule has 212 valence electrons. The van der Waals surface area contributed by atoms with E-state index in [4.69, 9.17) is 9.15 Å². The van der Waals surface area contributed by atoms with Gasteiger partial charge in [-0.25, -0.2) is 9.59 Å². The van der Waals surface area contributed by atoms with Crippen LogP contribution in [0.4, 0.5) is 0 Å². The molecule has 1 aliphatic heterocycles. The van der Waals surface area contributed by atoms with Gasteiger partial charge < -0.3 is 24.5 Å². The van der Waals surface area contributed by atoms with Crippen LogP contribution in [-0.2, 0) is 21.5 Å². The van der Waals surface area contributed by atoms with Crippen LogP contribution in [0, 0.1) is 0 Å². The minimum Gasteiger partial charge on any atom is -0.508 e. The molecule has 1 amide bonds. The van der Waals surface area contributed by atoms with E-state index in [9.17, 15) is 19.5 Å². The zero-order valence-corrected chi connectivity index (χ0v) is 23.0. The highest BCUT2D eigenvalue weighted by Gasteiger charge is 2.52. The fraction of sp³-hybridized carbons (Fsp3) is 0.344. The maximum Gasteiger partial charge on any atom is 0.420 e. The molecule has 2 aliphatic rings. The number of ether oxygens (including phenoxy) is 1. The van der Waals surface area contributed by atoms with Gasteiger partial charge in [-0.15, -0.1) is 0 Å². The van der Waals surface area contributed by atoms with Crippen molar-refractivity contribution in [1.82, 2.24) is 14.8 Å². The average Bonchev–Trinajstić information content (AvgIpc) is 3.53. The number of benzene rings is 3. The monoisotopic (exact) mass is 555 g/mol. The van der Waals surface area contributed by atoms with Crippen molar-refractivity contribution in [1.29, 1.82) is 0 Å². The molecule has 9 nitrogen and oxygen atoms in total. The van der Waals surface area contributed by atoms with Crippen molar-refractivity contribution in [3.8, 4) is 5.75 Å². The Morgan fingerprint density at radius 3 is 2.49 bits per heavy atom. The van der Waals surface area contributed by atoms with E-state index < -0.39 is 17.1 Å². The number of phenolic OH excluding ortho intramolecular Hbond substituents is 1. The lowest BCUT2D eigenvalue weighted by atomic mass is 9.93. The number of carbonyl (C=O) groups is 2. The summed E-state index contributed by atoms with van der Waals surface area (Å²) >= 11 is 0. The summed E-state index contributed by atoms with van der Waals surface area (Å²) in [5.74, 6) is -0.794. The predicted molar refractivity (Wildman–Crippen MR) is 153 cm³/mol. The molecule has 2 fully saturated rings. The van der Waals surface area contributed by atoms with E-state index in [-0.39, 0.29) is 24.2 Å². The second kappa shape index (κ2) is 10.9. The molecule has 1 saturated heterocycles. The topological polar surface area (TPSA) is 114 Å². The Morgan fingerprint density at radius 1 is 1.05 bits per heavy atom. The van der Waals surface area contributed by atoms with Crippen molar-refractivity contribution < 1.29 is 23.8 Å². The molecule has 41 heavy (non-hydrogen) atoms. The lowest BCUT2D eigenvalue weighted by Crippen LogP contribution is -2.41. The summed E-state index contributed by atoms with van der Waals surface area (Å²) < 4.78 is 11.8. The molecule has 0 spiro atoms. The van der Waals surface area contributed by atoms with Crippen molar-refractivity contribution in [2.24, 2.45) is 0 Å². The Morgan fingerprint density at radius 2 is 1.80 bits per heavy atom. The van der Waals surface area contributed by atoms with Gasteiger partial charge in [-0.05, 0) is 91.9 Å². The van der Waals surface area contributed by atoms with Crippen LogP contribution in [0.5, 0.6) is 5.75 Å². The molecule has 2 N–H and O–H groups in total. The maximum absolute atomic E-state index is 13.9. The van der Waals surface area contributed by atoms with Crippen LogP contribution in [0.2, 0.25) is 0 Å². The zero-order valence-electron chi connectivity index (χ0n) is 23.0. The van der Waals surface area contributed by atoms with Crippen LogP contribution < -0.4 is 11.1 Å². The zero-order chi connectivity index (χ0) is 28.6. The van der Waals surface area contributed by atoms with Crippen molar-refractivity contribution in [2.45, 2.75) is 43.7 Å². The van der Waals surface area contributed by atoms with Crippen molar-refractivity contribution in [3.63, 3.8) is 0 Å². The van der Waals surface area contributed by atoms with Gasteiger partial charge in [0.05, 0.1) is 36.2 Å². The number of aromatic nitrogens is 1. The van der Waals surface area contributed by atoms with Crippen LogP contribution in [0.3, 0.4) is 0 Å². The quantitative estimate of drug-likeness (QED) is 0.299. The summed E-state index contributed by atoms with van der Waals surface area (Å²) in [4.78, 5) is 40.8. The van der Waals surface area contributed by atoms with Gasteiger partial charge >= 0.3 is 11.7 Å². The highest BCUT2D eigenvalue weighted by atomic mass is 16.5. The fourth-order valence-corrected chi connectivity index (χ4v) is 5.82. The number of likely N-dealkylation sites (tertiary alicyclic amines) is 1. The summed E-state index contributed by atoms with van der Waals surface area (Å²) in [6, 6.07) is 19.2. The lowest BCUT2D eigenvalue weighted by Gasteiger charge is -2.27. The molecule has 0 unspecified atom stereocenters. The number of carbonyl (C=O) groups excluding carboxylic acids is 2. The van der Waals surface area contributed by atoms with Gasteiger partial charge in [-0.2, -0.15) is 0 Å². The first-order valence-corrected chi connectivity index (χ1v) is 14.0. The maximum atomic E-state index is 13.9. The first-order valence-electron chi connectivity index (χ1n) is 14.0. The number of nitrogens with zero attached hydrogens (tertiary/aromatic N) is 2. The predicted octanol–water partition coefficient (Wildman–Crippen LogP) is 4.12. The number of methoxy groups -OCH3 is 1. The van der Waals surface area contributed by atoms with Crippen LogP contribution >= 0.6 is 0 Å². The Bertz CT molecular complexity index is 1640. The molecule has 0 bridgehead atoms. The highest BCUT2D eigenvalue weighted by Crippen LogP contribution is 2.49. The molecule has 1 saturated carbocycles. The third kappa shape index (κ3) is 5.37. The smallest absolute Gasteiger partial charge is 0.420 e. The number of nitrogens with one attached hydrogen (secondary N) is 1. The molecular weight excluding hydrogens is 522 g/mol. The summed E-state index contributed by atoms with van der Waals surface area (Å²) in [7, 11) is 1.33. The van der Waals surface area contributed by atoms with Crippen LogP contribution in [0.1, 0.15) is 58.8 Å². The van der Waals surface area contributed by atoms with Gasteiger partial charge in [0.1, 0.15) is 5.75 Å². The molecule has 1 aliphatic carbocycles. The van der Waals surface area contributed by atoms with E-state index in [1.165, 1.54) is 7.11 Å². The van der Waals surface area contributed by atoms with Crippen LogP contribution in [0.15, 0.2) is 75.9 Å². The highest BCUT2D eigenvalue weighted by molar-refractivity contribution is 5.93. The summed E-state index contributed by atoms with van der Waals surface area (Å²) in [5, 5.41) is 13.4. The Balaban J connectivity index is 1.26. The molecule has 0 radical (unpaired) electrons. The van der Waals surface area contributed by atoms with Crippen molar-refractivity contribution in [2.75, 3.05) is 26.7 Å². The average molecular weight is 556 g/mol. The number of phenols is 1. The second-order valence-corrected chi connectivity index (χ2v) is 11.0. The van der Waals surface area contributed by atoms with Gasteiger partial charge in [0.25, 0.3) is 0 Å². The number of amides is 1. The molecule has 6 rings (SSSR count). The number of oxazole rings is 1. The van der Waals surface area contributed by atoms with E-state index in [1.54, 1.807) is 53.1 Å². The van der Waals surface area contributed by atoms with Crippen molar-refractivity contribution in [3.05, 3.63) is 99.5 Å². The number of fused-ring (bicyclic) bond motifs is 1. The number of esters is 1. The molecule has 4 aromatic rings. The summed E-state index contributed by atoms with van der Waals surface area (Å²) in [6.45, 7) is 2.93. The lowest BCUT2D eigenvalue weighted by molar-refractivity contribution is -0.124. The van der Waals surface area contributed by atoms with Crippen LogP contribution in [-0.4, -0.2) is 53.2 Å². The number of aromatic hydroxyl groups is 1. The normalized spacial score (nSPS) is 16.9. The third-order valence-corrected chi connectivity index (χ3v) is 8.34. The van der Waals surface area contributed by atoms with E-state index in [0.717, 1.165) is 42.6 Å². The SMILES string of the molecule is COC(=O)c1ccc(Cn2c(=O)oc3ccc(C4(C(=O)N[C@H](CN5CCCC5)c5cccc(O)c5)CC4)cc32)cc1. The van der Waals surface area contributed by atoms with Crippen molar-refractivity contribution >= 4 is 23.0 Å². The Hall–Kier alpha value is -4.37. The van der Waals surface area contributed by atoms with Gasteiger partial charge in [0.2, 0.25) is 5.91 Å². The number of hydrogen-bond acceptors (Lipinski definition) is 7. The largest absolute Gasteiger partial charge is 0.508 e. The Kier molecular flexibility index (Phi) is 7.13. The molecule has 1 aromatic heterocycles. The third-order valence-electron chi connectivity index (χ3n) is 8.34. The molecule has 3 aromatic carbocycles. The van der Waals surface area contributed by atoms with E-state index in [1.807, 2.05) is 18.2 Å². The standard InChI is InChI=1S/C32H33N3O6/c1-40-29(37)22-9-7-21(8-10-22)19-35-27-18-24(11-12-28(27)41-31(35)39)32(13-14-32)30(38)33-26(20-34-15-2-3-16-34)23-5-4-6-25(36)17-23/h4-12,17-18,26,36H,2-3,13-16,19-20H2,1H3,(H,33,38)/t26-/m1/s1. The second-order valence-electron chi connectivity index (χ2n) is 11.0. The molecule has 9 heteroatoms.